The summed E-state index contributed by atoms with van der Waals surface area (Å²) in [6.07, 6.45) is 11.6. The molecule has 6 nitrogen and oxygen atoms in total. The van der Waals surface area contributed by atoms with Gasteiger partial charge in [-0.25, -0.2) is 4.98 Å². The Morgan fingerprint density at radius 1 is 0.917 bits per heavy atom. The van der Waals surface area contributed by atoms with E-state index in [0.29, 0.717) is 11.5 Å². The Morgan fingerprint density at radius 2 is 1.64 bits per heavy atom. The second kappa shape index (κ2) is 11.8. The van der Waals surface area contributed by atoms with E-state index in [9.17, 15) is 9.59 Å². The van der Waals surface area contributed by atoms with Gasteiger partial charge in [0.25, 0.3) is 5.91 Å². The van der Waals surface area contributed by atoms with E-state index in [1.165, 1.54) is 32.1 Å². The van der Waals surface area contributed by atoms with Crippen molar-refractivity contribution in [3.05, 3.63) is 48.0 Å². The van der Waals surface area contributed by atoms with Crippen LogP contribution in [0, 0.1) is 11.8 Å². The third-order valence-electron chi connectivity index (χ3n) is 7.80. The highest BCUT2D eigenvalue weighted by atomic mass is 127. The van der Waals surface area contributed by atoms with Crippen molar-refractivity contribution in [2.45, 2.75) is 70.3 Å². The average molecular weight is 599 g/mol. The number of nitrogens with one attached hydrogen (secondary N) is 3. The van der Waals surface area contributed by atoms with Crippen molar-refractivity contribution in [2.75, 3.05) is 9.74 Å². The minimum atomic E-state index is -0.0113. The highest BCUT2D eigenvalue weighted by Crippen LogP contribution is 2.32. The zero-order chi connectivity index (χ0) is 24.9. The maximum Gasteiger partial charge on any atom is 0.251 e. The maximum absolute atomic E-state index is 12.9. The monoisotopic (exact) mass is 598 g/mol. The maximum atomic E-state index is 12.9. The van der Waals surface area contributed by atoms with Gasteiger partial charge in [0.2, 0.25) is 5.91 Å². The number of halogens is 1. The molecule has 36 heavy (non-hydrogen) atoms. The quantitative estimate of drug-likeness (QED) is 0.165. The van der Waals surface area contributed by atoms with Crippen LogP contribution >= 0.6 is 22.6 Å². The van der Waals surface area contributed by atoms with E-state index >= 15 is 0 Å². The van der Waals surface area contributed by atoms with Crippen LogP contribution in [0.2, 0.25) is 0 Å². The fourth-order valence-electron chi connectivity index (χ4n) is 5.66. The second-order valence-electron chi connectivity index (χ2n) is 10.4. The van der Waals surface area contributed by atoms with Crippen LogP contribution in [0.4, 0.5) is 5.69 Å². The molecule has 2 aliphatic rings. The van der Waals surface area contributed by atoms with Gasteiger partial charge >= 0.3 is 0 Å². The lowest BCUT2D eigenvalue weighted by Crippen LogP contribution is -2.34. The van der Waals surface area contributed by atoms with Gasteiger partial charge in [0.05, 0.1) is 11.0 Å². The summed E-state index contributed by atoms with van der Waals surface area (Å²) in [5.41, 5.74) is 4.09. The molecule has 1 heterocycles. The van der Waals surface area contributed by atoms with Gasteiger partial charge in [0, 0.05) is 33.2 Å². The van der Waals surface area contributed by atoms with Crippen molar-refractivity contribution in [3.8, 4) is 11.4 Å². The summed E-state index contributed by atoms with van der Waals surface area (Å²) >= 11 is 2.41. The first-order valence-corrected chi connectivity index (χ1v) is 14.9. The zero-order valence-corrected chi connectivity index (χ0v) is 22.9. The van der Waals surface area contributed by atoms with Gasteiger partial charge in [-0.3, -0.25) is 9.59 Å². The van der Waals surface area contributed by atoms with Crippen molar-refractivity contribution in [1.29, 1.82) is 0 Å². The summed E-state index contributed by atoms with van der Waals surface area (Å²) in [6, 6.07) is 13.7. The molecule has 2 saturated carbocycles. The molecule has 7 heteroatoms. The van der Waals surface area contributed by atoms with Gasteiger partial charge < -0.3 is 15.6 Å². The lowest BCUT2D eigenvalue weighted by molar-refractivity contribution is -0.122. The molecular formula is C29H35IN4O2. The number of fused-ring (bicyclic) bond motifs is 1. The normalized spacial score (nSPS) is 21.1. The third-order valence-corrected chi connectivity index (χ3v) is 8.94. The molecule has 190 valence electrons. The molecule has 5 rings (SSSR count). The van der Waals surface area contributed by atoms with Crippen LogP contribution in [0.3, 0.4) is 0 Å². The van der Waals surface area contributed by atoms with Gasteiger partial charge in [-0.05, 0) is 74.1 Å². The number of nitrogens with zero attached hydrogens (tertiary/aromatic N) is 1. The molecule has 2 aliphatic carbocycles. The zero-order valence-electron chi connectivity index (χ0n) is 20.7. The summed E-state index contributed by atoms with van der Waals surface area (Å²) in [6.45, 7) is 0. The largest absolute Gasteiger partial charge is 0.349 e. The fourth-order valence-corrected chi connectivity index (χ4v) is 6.72. The number of aromatic nitrogens is 2. The van der Waals surface area contributed by atoms with E-state index in [4.69, 9.17) is 4.98 Å². The molecule has 2 aromatic carbocycles. The number of hydrogen-bond acceptors (Lipinski definition) is 3. The number of amides is 2. The number of benzene rings is 2. The minimum absolute atomic E-state index is 0.0113. The van der Waals surface area contributed by atoms with E-state index in [1.54, 1.807) is 0 Å². The number of carbonyl (C=O) groups excluding carboxylic acids is 2. The number of anilines is 1. The summed E-state index contributed by atoms with van der Waals surface area (Å²) in [7, 11) is 0. The summed E-state index contributed by atoms with van der Waals surface area (Å²) in [5, 5.41) is 6.34. The van der Waals surface area contributed by atoms with Crippen LogP contribution in [0.15, 0.2) is 42.5 Å². The number of rotatable bonds is 6. The molecule has 2 amide bonds. The van der Waals surface area contributed by atoms with E-state index in [2.05, 4.69) is 38.2 Å². The smallest absolute Gasteiger partial charge is 0.251 e. The molecule has 0 saturated heterocycles. The Bertz CT molecular complexity index is 1200. The van der Waals surface area contributed by atoms with E-state index in [1.807, 2.05) is 42.5 Å². The molecule has 2 fully saturated rings. The molecule has 3 aromatic rings. The Balaban J connectivity index is 1.25. The number of aromatic amines is 1. The molecule has 3 N–H and O–H groups in total. The van der Waals surface area contributed by atoms with Crippen LogP contribution < -0.4 is 10.6 Å². The molecule has 0 spiro atoms. The Morgan fingerprint density at radius 3 is 2.39 bits per heavy atom. The summed E-state index contributed by atoms with van der Waals surface area (Å²) in [5.74, 6) is 1.47. The SMILES string of the molecule is O=C(NC1CCCCCC1)c1ccc2nc(-c3ccc(NC(=O)C4CCCCC4CI)cc3)[nH]c2c1. The van der Waals surface area contributed by atoms with Gasteiger partial charge in [-0.2, -0.15) is 0 Å². The standard InChI is InChI=1S/C29H35IN4O2/c30-18-21-7-5-6-10-24(21)29(36)32-23-14-11-19(12-15-23)27-33-25-16-13-20(17-26(25)34-27)28(35)31-22-8-3-1-2-4-9-22/h11-17,21-22,24H,1-10,18H2,(H,31,35)(H,32,36)(H,33,34). The number of hydrogen-bond donors (Lipinski definition) is 3. The molecular weight excluding hydrogens is 563 g/mol. The summed E-state index contributed by atoms with van der Waals surface area (Å²) in [4.78, 5) is 33.8. The van der Waals surface area contributed by atoms with Gasteiger partial charge in [0.15, 0.2) is 0 Å². The van der Waals surface area contributed by atoms with Crippen LogP contribution in [0.25, 0.3) is 22.4 Å². The van der Waals surface area contributed by atoms with E-state index < -0.39 is 0 Å². The van der Waals surface area contributed by atoms with Gasteiger partial charge in [-0.1, -0.05) is 61.1 Å². The Labute approximate surface area is 226 Å². The predicted molar refractivity (Wildman–Crippen MR) is 153 cm³/mol. The van der Waals surface area contributed by atoms with Gasteiger partial charge in [0.1, 0.15) is 5.82 Å². The molecule has 0 aliphatic heterocycles. The topological polar surface area (TPSA) is 86.9 Å². The molecule has 1 aromatic heterocycles. The van der Waals surface area contributed by atoms with Crippen LogP contribution in [-0.4, -0.2) is 32.3 Å². The van der Waals surface area contributed by atoms with Gasteiger partial charge in [-0.15, -0.1) is 0 Å². The number of alkyl halides is 1. The Hall–Kier alpha value is -2.42. The first kappa shape index (κ1) is 25.2. The predicted octanol–water partition coefficient (Wildman–Crippen LogP) is 6.86. The fraction of sp³-hybridized carbons (Fsp3) is 0.483. The van der Waals surface area contributed by atoms with Crippen molar-refractivity contribution < 1.29 is 9.59 Å². The first-order valence-electron chi connectivity index (χ1n) is 13.4. The lowest BCUT2D eigenvalue weighted by atomic mass is 9.80. The molecule has 2 unspecified atom stereocenters. The van der Waals surface area contributed by atoms with Crippen molar-refractivity contribution in [3.63, 3.8) is 0 Å². The first-order chi connectivity index (χ1) is 17.6. The highest BCUT2D eigenvalue weighted by molar-refractivity contribution is 14.1. The number of carbonyl (C=O) groups is 2. The molecule has 0 bridgehead atoms. The van der Waals surface area contributed by atoms with Crippen molar-refractivity contribution in [2.24, 2.45) is 11.8 Å². The number of imidazole rings is 1. The highest BCUT2D eigenvalue weighted by Gasteiger charge is 2.30. The van der Waals surface area contributed by atoms with Crippen LogP contribution in [0.5, 0.6) is 0 Å². The van der Waals surface area contributed by atoms with Crippen LogP contribution in [-0.2, 0) is 4.79 Å². The molecule has 0 radical (unpaired) electrons. The molecule has 2 atom stereocenters. The van der Waals surface area contributed by atoms with Crippen molar-refractivity contribution >= 4 is 51.1 Å². The minimum Gasteiger partial charge on any atom is -0.349 e. The third kappa shape index (κ3) is 5.93. The summed E-state index contributed by atoms with van der Waals surface area (Å²) < 4.78 is 1.03. The van der Waals surface area contributed by atoms with E-state index in [-0.39, 0.29) is 23.8 Å². The van der Waals surface area contributed by atoms with Crippen LogP contribution in [0.1, 0.15) is 74.6 Å². The number of H-pyrrole nitrogens is 1. The second-order valence-corrected chi connectivity index (χ2v) is 11.2. The average Bonchev–Trinajstić information content (AvgIpc) is 3.17. The Kier molecular flexibility index (Phi) is 8.24. The van der Waals surface area contributed by atoms with E-state index in [0.717, 1.165) is 64.6 Å². The van der Waals surface area contributed by atoms with Crippen molar-refractivity contribution in [1.82, 2.24) is 15.3 Å². The lowest BCUT2D eigenvalue weighted by Gasteiger charge is -2.29.